The lowest BCUT2D eigenvalue weighted by Gasteiger charge is -2.33. The van der Waals surface area contributed by atoms with Gasteiger partial charge in [-0.2, -0.15) is 0 Å². The molecule has 7 heteroatoms. The molecule has 2 unspecified atom stereocenters. The van der Waals surface area contributed by atoms with Gasteiger partial charge in [0.1, 0.15) is 5.69 Å². The summed E-state index contributed by atoms with van der Waals surface area (Å²) in [5, 5.41) is 0.193. The van der Waals surface area contributed by atoms with E-state index < -0.39 is 11.2 Å². The number of fused-ring (bicyclic) bond motifs is 2. The molecule has 6 nitrogen and oxygen atoms in total. The molecule has 198 valence electrons. The number of carbonyl (C=O) groups excluding carboxylic acids is 1. The SMILES string of the molecule is COc1c(N2CC3CCCN(C)C3C2)c(F)cc2c(=O)c(C(=O)/C=C/c3ccc(C)cc3)cn(C3CC3)c12. The van der Waals surface area contributed by atoms with E-state index in [1.165, 1.54) is 19.3 Å². The summed E-state index contributed by atoms with van der Waals surface area (Å²) in [4.78, 5) is 31.3. The van der Waals surface area contributed by atoms with Crippen LogP contribution in [0.4, 0.5) is 10.1 Å². The highest BCUT2D eigenvalue weighted by molar-refractivity contribution is 6.08. The fourth-order valence-corrected chi connectivity index (χ4v) is 6.27. The second-order valence-electron chi connectivity index (χ2n) is 11.1. The lowest BCUT2D eigenvalue weighted by molar-refractivity contribution is 0.104. The number of benzene rings is 2. The molecular weight excluding hydrogens is 481 g/mol. The van der Waals surface area contributed by atoms with Crippen molar-refractivity contribution in [3.05, 3.63) is 75.3 Å². The molecule has 1 aromatic heterocycles. The Morgan fingerprint density at radius 1 is 1.13 bits per heavy atom. The normalized spacial score (nSPS) is 21.8. The van der Waals surface area contributed by atoms with Crippen LogP contribution in [0.3, 0.4) is 0 Å². The van der Waals surface area contributed by atoms with Crippen molar-refractivity contribution in [2.24, 2.45) is 5.92 Å². The van der Waals surface area contributed by atoms with Crippen LogP contribution < -0.4 is 15.1 Å². The molecule has 38 heavy (non-hydrogen) atoms. The van der Waals surface area contributed by atoms with Gasteiger partial charge in [-0.25, -0.2) is 4.39 Å². The van der Waals surface area contributed by atoms with E-state index >= 15 is 4.39 Å². The van der Waals surface area contributed by atoms with Gasteiger partial charge in [-0.1, -0.05) is 35.9 Å². The van der Waals surface area contributed by atoms with E-state index in [9.17, 15) is 9.59 Å². The zero-order valence-electron chi connectivity index (χ0n) is 22.2. The Labute approximate surface area is 222 Å². The smallest absolute Gasteiger partial charge is 0.200 e. The van der Waals surface area contributed by atoms with Crippen LogP contribution in [0, 0.1) is 18.7 Å². The first kappa shape index (κ1) is 24.9. The number of ether oxygens (including phenoxy) is 1. The van der Waals surface area contributed by atoms with Gasteiger partial charge in [0, 0.05) is 31.4 Å². The number of aryl methyl sites for hydroxylation is 1. The molecule has 3 aliphatic rings. The number of piperidine rings is 1. The minimum atomic E-state index is -0.477. The standard InChI is InChI=1S/C31H34FN3O3/c1-19-6-8-20(9-7-19)10-13-27(36)24-17-35(22-11-12-22)28-23(30(24)37)15-25(32)29(31(28)38-3)34-16-21-5-4-14-33(2)26(21)18-34/h6-10,13,15,17,21-22,26H,4-5,11-12,14,16,18H2,1-3H3/b13-10+. The fraction of sp³-hybridized carbons (Fsp3) is 0.419. The highest BCUT2D eigenvalue weighted by Crippen LogP contribution is 2.45. The first-order valence-electron chi connectivity index (χ1n) is 13.5. The van der Waals surface area contributed by atoms with Crippen molar-refractivity contribution >= 4 is 28.4 Å². The molecule has 6 rings (SSSR count). The number of carbonyl (C=O) groups is 1. The Balaban J connectivity index is 1.44. The summed E-state index contributed by atoms with van der Waals surface area (Å²) < 4.78 is 23.7. The lowest BCUT2D eigenvalue weighted by atomic mass is 9.93. The molecule has 2 atom stereocenters. The van der Waals surface area contributed by atoms with E-state index in [0.29, 0.717) is 28.9 Å². The van der Waals surface area contributed by atoms with Gasteiger partial charge in [0.2, 0.25) is 5.43 Å². The molecule has 1 aliphatic carbocycles. The van der Waals surface area contributed by atoms with Crippen molar-refractivity contribution in [1.82, 2.24) is 9.47 Å². The van der Waals surface area contributed by atoms with Crippen LogP contribution >= 0.6 is 0 Å². The van der Waals surface area contributed by atoms with Crippen LogP contribution in [0.5, 0.6) is 5.75 Å². The maximum atomic E-state index is 15.9. The maximum absolute atomic E-state index is 15.9. The quantitative estimate of drug-likeness (QED) is 0.333. The Morgan fingerprint density at radius 2 is 1.89 bits per heavy atom. The van der Waals surface area contributed by atoms with Crippen LogP contribution in [0.15, 0.2) is 47.4 Å². The molecule has 0 bridgehead atoms. The fourth-order valence-electron chi connectivity index (χ4n) is 6.27. The van der Waals surface area contributed by atoms with Crippen molar-refractivity contribution in [2.45, 2.75) is 44.7 Å². The topological polar surface area (TPSA) is 54.8 Å². The van der Waals surface area contributed by atoms with Crippen LogP contribution in [-0.4, -0.2) is 55.1 Å². The molecule has 1 saturated carbocycles. The minimum Gasteiger partial charge on any atom is -0.492 e. The van der Waals surface area contributed by atoms with Gasteiger partial charge in [-0.15, -0.1) is 0 Å². The summed E-state index contributed by atoms with van der Waals surface area (Å²) in [6.45, 7) is 4.56. The number of nitrogens with zero attached hydrogens (tertiary/aromatic N) is 3. The summed E-state index contributed by atoms with van der Waals surface area (Å²) in [7, 11) is 3.68. The number of likely N-dealkylation sites (tertiary alicyclic amines) is 1. The Morgan fingerprint density at radius 3 is 2.58 bits per heavy atom. The number of aromatic nitrogens is 1. The zero-order valence-corrected chi connectivity index (χ0v) is 22.2. The van der Waals surface area contributed by atoms with Crippen LogP contribution in [0.1, 0.15) is 53.2 Å². The van der Waals surface area contributed by atoms with Gasteiger partial charge in [0.05, 0.1) is 23.6 Å². The number of rotatable bonds is 6. The number of allylic oxidation sites excluding steroid dienone is 1. The van der Waals surface area contributed by atoms with Crippen molar-refractivity contribution in [3.63, 3.8) is 0 Å². The number of ketones is 1. The number of hydrogen-bond donors (Lipinski definition) is 0. The third-order valence-corrected chi connectivity index (χ3v) is 8.49. The molecule has 3 aromatic rings. The van der Waals surface area contributed by atoms with E-state index in [1.807, 2.05) is 35.8 Å². The summed E-state index contributed by atoms with van der Waals surface area (Å²) in [6.07, 6.45) is 8.97. The third-order valence-electron chi connectivity index (χ3n) is 8.49. The average molecular weight is 516 g/mol. The molecule has 0 radical (unpaired) electrons. The zero-order chi connectivity index (χ0) is 26.6. The largest absolute Gasteiger partial charge is 0.492 e. The Hall–Kier alpha value is -3.45. The number of likely N-dealkylation sites (N-methyl/N-ethyl adjacent to an activating group) is 1. The first-order valence-corrected chi connectivity index (χ1v) is 13.5. The van der Waals surface area contributed by atoms with E-state index in [4.69, 9.17) is 4.74 Å². The molecular formula is C31H34FN3O3. The second-order valence-corrected chi connectivity index (χ2v) is 11.1. The van der Waals surface area contributed by atoms with Crippen LogP contribution in [0.25, 0.3) is 17.0 Å². The Bertz CT molecular complexity index is 1490. The van der Waals surface area contributed by atoms with Crippen molar-refractivity contribution in [3.8, 4) is 5.75 Å². The lowest BCUT2D eigenvalue weighted by Crippen LogP contribution is -2.42. The molecule has 2 saturated heterocycles. The van der Waals surface area contributed by atoms with E-state index in [0.717, 1.165) is 56.4 Å². The van der Waals surface area contributed by atoms with Gasteiger partial charge in [-0.05, 0) is 69.8 Å². The summed E-state index contributed by atoms with van der Waals surface area (Å²) in [5.41, 5.74) is 2.60. The Kier molecular flexibility index (Phi) is 6.34. The van der Waals surface area contributed by atoms with Crippen molar-refractivity contribution in [1.29, 1.82) is 0 Å². The molecule has 0 amide bonds. The highest BCUT2D eigenvalue weighted by atomic mass is 19.1. The third kappa shape index (κ3) is 4.33. The predicted molar refractivity (Wildman–Crippen MR) is 149 cm³/mol. The molecule has 3 fully saturated rings. The number of hydrogen-bond acceptors (Lipinski definition) is 5. The monoisotopic (exact) mass is 515 g/mol. The summed E-state index contributed by atoms with van der Waals surface area (Å²) in [6, 6.07) is 9.66. The maximum Gasteiger partial charge on any atom is 0.200 e. The number of pyridine rings is 1. The number of anilines is 1. The van der Waals surface area contributed by atoms with Gasteiger partial charge in [0.25, 0.3) is 0 Å². The molecule has 0 spiro atoms. The van der Waals surface area contributed by atoms with E-state index in [-0.39, 0.29) is 22.8 Å². The van der Waals surface area contributed by atoms with Crippen molar-refractivity contribution < 1.29 is 13.9 Å². The number of methoxy groups -OCH3 is 1. The van der Waals surface area contributed by atoms with Gasteiger partial charge < -0.3 is 19.1 Å². The molecule has 2 aliphatic heterocycles. The van der Waals surface area contributed by atoms with Gasteiger partial charge >= 0.3 is 0 Å². The van der Waals surface area contributed by atoms with Crippen LogP contribution in [0.2, 0.25) is 0 Å². The average Bonchev–Trinajstić information content (AvgIpc) is 3.66. The first-order chi connectivity index (χ1) is 18.4. The molecule has 2 aromatic carbocycles. The summed E-state index contributed by atoms with van der Waals surface area (Å²) in [5.74, 6) is 0.0101. The molecule has 0 N–H and O–H groups in total. The van der Waals surface area contributed by atoms with E-state index in [1.54, 1.807) is 12.3 Å². The van der Waals surface area contributed by atoms with Gasteiger partial charge in [0.15, 0.2) is 17.3 Å². The van der Waals surface area contributed by atoms with Crippen molar-refractivity contribution in [2.75, 3.05) is 38.7 Å². The second kappa shape index (κ2) is 9.70. The van der Waals surface area contributed by atoms with Crippen LogP contribution in [-0.2, 0) is 0 Å². The number of halogens is 1. The van der Waals surface area contributed by atoms with Gasteiger partial charge in [-0.3, -0.25) is 9.59 Å². The predicted octanol–water partition coefficient (Wildman–Crippen LogP) is 5.22. The molecule has 3 heterocycles. The minimum absolute atomic E-state index is 0.0516. The highest BCUT2D eigenvalue weighted by Gasteiger charge is 2.40. The summed E-state index contributed by atoms with van der Waals surface area (Å²) >= 11 is 0. The van der Waals surface area contributed by atoms with E-state index in [2.05, 4.69) is 16.8 Å².